The Morgan fingerprint density at radius 2 is 2.00 bits per heavy atom. The number of nitrogens with one attached hydrogen (secondary N) is 1. The topological polar surface area (TPSA) is 50.9 Å². The molecule has 0 fully saturated rings. The number of para-hydroxylation sites is 1. The predicted octanol–water partition coefficient (Wildman–Crippen LogP) is 4.65. The fourth-order valence-electron chi connectivity index (χ4n) is 2.11. The number of rotatable bonds is 3. The third-order valence-corrected chi connectivity index (χ3v) is 4.77. The van der Waals surface area contributed by atoms with E-state index in [1.165, 1.54) is 4.90 Å². The van der Waals surface area contributed by atoms with Gasteiger partial charge in [-0.05, 0) is 37.4 Å². The Morgan fingerprint density at radius 1 is 1.20 bits per heavy atom. The number of nitrogens with zero attached hydrogens (tertiary/aromatic N) is 1. The first kappa shape index (κ1) is 13.3. The van der Waals surface area contributed by atoms with Crippen molar-refractivity contribution in [3.63, 3.8) is 0 Å². The second-order valence-electron chi connectivity index (χ2n) is 4.47. The molecule has 0 spiro atoms. The van der Waals surface area contributed by atoms with Crippen molar-refractivity contribution in [3.05, 3.63) is 41.4 Å². The number of anilines is 3. The van der Waals surface area contributed by atoms with Crippen LogP contribution in [0.15, 0.2) is 41.3 Å². The van der Waals surface area contributed by atoms with Crippen LogP contribution in [0.1, 0.15) is 5.01 Å². The molecule has 1 aromatic heterocycles. The van der Waals surface area contributed by atoms with E-state index in [9.17, 15) is 0 Å². The van der Waals surface area contributed by atoms with Gasteiger partial charge in [0.1, 0.15) is 0 Å². The lowest BCUT2D eigenvalue weighted by atomic mass is 10.2. The van der Waals surface area contributed by atoms with E-state index < -0.39 is 0 Å². The second kappa shape index (κ2) is 5.34. The van der Waals surface area contributed by atoms with Crippen molar-refractivity contribution in [1.82, 2.24) is 4.98 Å². The van der Waals surface area contributed by atoms with Gasteiger partial charge >= 0.3 is 0 Å². The van der Waals surface area contributed by atoms with Gasteiger partial charge in [-0.2, -0.15) is 0 Å². The summed E-state index contributed by atoms with van der Waals surface area (Å²) in [5, 5.41) is 4.47. The third kappa shape index (κ3) is 2.46. The Balaban J connectivity index is 2.03. The first-order valence-electron chi connectivity index (χ1n) is 6.24. The van der Waals surface area contributed by atoms with Gasteiger partial charge in [0.05, 0.1) is 32.3 Å². The third-order valence-electron chi connectivity index (χ3n) is 3.04. The molecule has 1 heterocycles. The van der Waals surface area contributed by atoms with Gasteiger partial charge in [-0.15, -0.1) is 23.1 Å². The molecule has 0 unspecified atom stereocenters. The first-order valence-corrected chi connectivity index (χ1v) is 8.28. The lowest BCUT2D eigenvalue weighted by Crippen LogP contribution is -1.97. The van der Waals surface area contributed by atoms with Crippen molar-refractivity contribution in [1.29, 1.82) is 0 Å². The molecule has 3 rings (SSSR count). The summed E-state index contributed by atoms with van der Waals surface area (Å²) in [6.45, 7) is 2.01. The highest BCUT2D eigenvalue weighted by molar-refractivity contribution is 7.98. The molecular weight excluding hydrogens is 286 g/mol. The van der Waals surface area contributed by atoms with Crippen LogP contribution in [0.4, 0.5) is 17.1 Å². The summed E-state index contributed by atoms with van der Waals surface area (Å²) in [4.78, 5) is 5.71. The Kier molecular flexibility index (Phi) is 3.54. The van der Waals surface area contributed by atoms with E-state index in [2.05, 4.69) is 28.7 Å². The zero-order chi connectivity index (χ0) is 14.1. The van der Waals surface area contributed by atoms with Crippen molar-refractivity contribution in [2.45, 2.75) is 11.8 Å². The normalized spacial score (nSPS) is 10.9. The summed E-state index contributed by atoms with van der Waals surface area (Å²) in [6, 6.07) is 12.2. The van der Waals surface area contributed by atoms with Crippen LogP contribution in [0.3, 0.4) is 0 Å². The minimum atomic E-state index is 0.747. The number of aryl methyl sites for hydroxylation is 1. The molecule has 0 saturated carbocycles. The molecule has 0 saturated heterocycles. The smallest absolute Gasteiger partial charge is 0.0907 e. The summed E-state index contributed by atoms with van der Waals surface area (Å²) in [7, 11) is 0. The fraction of sp³-hybridized carbons (Fsp3) is 0.133. The quantitative estimate of drug-likeness (QED) is 0.546. The lowest BCUT2D eigenvalue weighted by molar-refractivity contribution is 1.34. The standard InChI is InChI=1S/C15H15N3S2/c1-9-17-13-8-12(10(16)7-15(13)20-9)18-11-5-3-4-6-14(11)19-2/h3-8,18H,16H2,1-2H3. The molecule has 0 aliphatic carbocycles. The average Bonchev–Trinajstić information content (AvgIpc) is 2.79. The molecular formula is C15H15N3S2. The van der Waals surface area contributed by atoms with Gasteiger partial charge in [0.15, 0.2) is 0 Å². The molecule has 102 valence electrons. The summed E-state index contributed by atoms with van der Waals surface area (Å²) in [5.74, 6) is 0. The lowest BCUT2D eigenvalue weighted by Gasteiger charge is -2.12. The van der Waals surface area contributed by atoms with Crippen LogP contribution in [0, 0.1) is 6.92 Å². The number of hydrogen-bond donors (Lipinski definition) is 2. The van der Waals surface area contributed by atoms with E-state index in [4.69, 9.17) is 5.73 Å². The minimum absolute atomic E-state index is 0.747. The van der Waals surface area contributed by atoms with Crippen LogP contribution >= 0.6 is 23.1 Å². The summed E-state index contributed by atoms with van der Waals surface area (Å²) >= 11 is 3.38. The minimum Gasteiger partial charge on any atom is -0.397 e. The number of aromatic nitrogens is 1. The predicted molar refractivity (Wildman–Crippen MR) is 90.3 cm³/mol. The number of thioether (sulfide) groups is 1. The van der Waals surface area contributed by atoms with Gasteiger partial charge in [0.2, 0.25) is 0 Å². The Morgan fingerprint density at radius 3 is 2.80 bits per heavy atom. The molecule has 0 radical (unpaired) electrons. The van der Waals surface area contributed by atoms with Gasteiger partial charge < -0.3 is 11.1 Å². The maximum absolute atomic E-state index is 6.14. The summed E-state index contributed by atoms with van der Waals surface area (Å²) in [6.07, 6.45) is 2.07. The number of benzene rings is 2. The van der Waals surface area contributed by atoms with E-state index in [1.807, 2.05) is 31.2 Å². The maximum atomic E-state index is 6.14. The maximum Gasteiger partial charge on any atom is 0.0907 e. The number of fused-ring (bicyclic) bond motifs is 1. The van der Waals surface area contributed by atoms with E-state index in [0.29, 0.717) is 0 Å². The van der Waals surface area contributed by atoms with Gasteiger partial charge in [-0.3, -0.25) is 0 Å². The van der Waals surface area contributed by atoms with Gasteiger partial charge in [-0.25, -0.2) is 4.98 Å². The molecule has 0 aliphatic heterocycles. The molecule has 5 heteroatoms. The van der Waals surface area contributed by atoms with E-state index >= 15 is 0 Å². The fourth-order valence-corrected chi connectivity index (χ4v) is 3.52. The molecule has 0 amide bonds. The molecule has 3 N–H and O–H groups in total. The van der Waals surface area contributed by atoms with Crippen molar-refractivity contribution in [2.75, 3.05) is 17.3 Å². The number of hydrogen-bond acceptors (Lipinski definition) is 5. The van der Waals surface area contributed by atoms with Crippen molar-refractivity contribution >= 4 is 50.4 Å². The van der Waals surface area contributed by atoms with Crippen LogP contribution in [0.5, 0.6) is 0 Å². The molecule has 2 aromatic carbocycles. The molecule has 0 atom stereocenters. The first-order chi connectivity index (χ1) is 9.67. The highest BCUT2D eigenvalue weighted by Gasteiger charge is 2.08. The van der Waals surface area contributed by atoms with Crippen LogP contribution in [-0.2, 0) is 0 Å². The number of nitrogens with two attached hydrogens (primary N) is 1. The summed E-state index contributed by atoms with van der Waals surface area (Å²) < 4.78 is 1.13. The largest absolute Gasteiger partial charge is 0.397 e. The monoisotopic (exact) mass is 301 g/mol. The van der Waals surface area contributed by atoms with Crippen LogP contribution in [-0.4, -0.2) is 11.2 Å². The van der Waals surface area contributed by atoms with E-state index in [-0.39, 0.29) is 0 Å². The molecule has 3 aromatic rings. The van der Waals surface area contributed by atoms with Crippen LogP contribution in [0.2, 0.25) is 0 Å². The van der Waals surface area contributed by atoms with Gasteiger partial charge in [0.25, 0.3) is 0 Å². The van der Waals surface area contributed by atoms with Crippen molar-refractivity contribution in [2.24, 2.45) is 0 Å². The molecule has 0 aliphatic rings. The van der Waals surface area contributed by atoms with E-state index in [1.54, 1.807) is 23.1 Å². The number of thiazole rings is 1. The molecule has 20 heavy (non-hydrogen) atoms. The highest BCUT2D eigenvalue weighted by atomic mass is 32.2. The SMILES string of the molecule is CSc1ccccc1Nc1cc2nc(C)sc2cc1N. The highest BCUT2D eigenvalue weighted by Crippen LogP contribution is 2.34. The van der Waals surface area contributed by atoms with Crippen LogP contribution < -0.4 is 11.1 Å². The number of nitrogen functional groups attached to an aromatic ring is 1. The zero-order valence-corrected chi connectivity index (χ0v) is 12.9. The molecule has 3 nitrogen and oxygen atoms in total. The van der Waals surface area contributed by atoms with Crippen molar-refractivity contribution in [3.8, 4) is 0 Å². The average molecular weight is 301 g/mol. The Hall–Kier alpha value is -1.72. The van der Waals surface area contributed by atoms with E-state index in [0.717, 1.165) is 32.3 Å². The van der Waals surface area contributed by atoms with Gasteiger partial charge in [0, 0.05) is 4.90 Å². The Labute approximate surface area is 126 Å². The van der Waals surface area contributed by atoms with Crippen molar-refractivity contribution < 1.29 is 0 Å². The second-order valence-corrected chi connectivity index (χ2v) is 6.55. The summed E-state index contributed by atoms with van der Waals surface area (Å²) in [5.41, 5.74) is 9.86. The Bertz CT molecular complexity index is 765. The van der Waals surface area contributed by atoms with Gasteiger partial charge in [-0.1, -0.05) is 12.1 Å². The van der Waals surface area contributed by atoms with Crippen LogP contribution in [0.25, 0.3) is 10.2 Å². The molecule has 0 bridgehead atoms. The zero-order valence-electron chi connectivity index (χ0n) is 11.3.